The summed E-state index contributed by atoms with van der Waals surface area (Å²) in [6.45, 7) is 8.87. The molecule has 1 atom stereocenters. The molecule has 2 aliphatic rings. The van der Waals surface area contributed by atoms with Gasteiger partial charge in [0.2, 0.25) is 5.95 Å². The molecule has 2 fully saturated rings. The van der Waals surface area contributed by atoms with Crippen LogP contribution in [-0.4, -0.2) is 56.6 Å². The summed E-state index contributed by atoms with van der Waals surface area (Å²) in [5.41, 5.74) is 5.78. The molecule has 3 heterocycles. The minimum absolute atomic E-state index is 0.367. The number of ether oxygens (including phenoxy) is 3. The van der Waals surface area contributed by atoms with Crippen molar-refractivity contribution in [2.24, 2.45) is 5.92 Å². The third-order valence-electron chi connectivity index (χ3n) is 6.35. The van der Waals surface area contributed by atoms with Crippen LogP contribution >= 0.6 is 0 Å². The molecule has 0 radical (unpaired) electrons. The van der Waals surface area contributed by atoms with Gasteiger partial charge in [-0.3, -0.25) is 0 Å². The van der Waals surface area contributed by atoms with E-state index in [1.165, 1.54) is 0 Å². The van der Waals surface area contributed by atoms with Crippen molar-refractivity contribution in [3.05, 3.63) is 67.0 Å². The van der Waals surface area contributed by atoms with E-state index in [2.05, 4.69) is 33.2 Å². The second-order valence-electron chi connectivity index (χ2n) is 8.66. The van der Waals surface area contributed by atoms with Gasteiger partial charge in [0.1, 0.15) is 5.75 Å². The summed E-state index contributed by atoms with van der Waals surface area (Å²) < 4.78 is 16.6. The molecular formula is C27H31N5O3. The Kier molecular flexibility index (Phi) is 7.11. The first-order valence-electron chi connectivity index (χ1n) is 11.9. The summed E-state index contributed by atoms with van der Waals surface area (Å²) in [6.07, 6.45) is 2.78. The maximum absolute atomic E-state index is 5.66. The summed E-state index contributed by atoms with van der Waals surface area (Å²) in [6, 6.07) is 16.1. The number of morpholine rings is 1. The van der Waals surface area contributed by atoms with Crippen LogP contribution in [0, 0.1) is 5.92 Å². The molecule has 0 saturated carbocycles. The minimum Gasteiger partial charge on any atom is -0.495 e. The van der Waals surface area contributed by atoms with Gasteiger partial charge in [-0.05, 0) is 36.8 Å². The number of methoxy groups -OCH3 is 1. The molecule has 3 aromatic rings. The first-order valence-corrected chi connectivity index (χ1v) is 11.9. The SMILES string of the molecule is C=C(Nc1ccc(-c2ccnc(Nc3ccc(N4CCOCC4)c(OC)c3)n2)cc1)C1CCOC1. The fraction of sp³-hybridized carbons (Fsp3) is 0.333. The zero-order valence-electron chi connectivity index (χ0n) is 20.0. The van der Waals surface area contributed by atoms with Crippen LogP contribution in [0.25, 0.3) is 11.3 Å². The van der Waals surface area contributed by atoms with E-state index in [1.807, 2.05) is 42.5 Å². The van der Waals surface area contributed by atoms with E-state index in [9.17, 15) is 0 Å². The van der Waals surface area contributed by atoms with Crippen molar-refractivity contribution < 1.29 is 14.2 Å². The van der Waals surface area contributed by atoms with Crippen molar-refractivity contribution in [1.82, 2.24) is 9.97 Å². The first kappa shape index (κ1) is 23.1. The highest BCUT2D eigenvalue weighted by Gasteiger charge is 2.19. The van der Waals surface area contributed by atoms with Crippen molar-refractivity contribution in [2.75, 3.05) is 62.2 Å². The van der Waals surface area contributed by atoms with Gasteiger partial charge >= 0.3 is 0 Å². The highest BCUT2D eigenvalue weighted by atomic mass is 16.5. The quantitative estimate of drug-likeness (QED) is 0.488. The van der Waals surface area contributed by atoms with Crippen LogP contribution in [0.3, 0.4) is 0 Å². The smallest absolute Gasteiger partial charge is 0.227 e. The Morgan fingerprint density at radius 3 is 2.57 bits per heavy atom. The lowest BCUT2D eigenvalue weighted by Gasteiger charge is -2.30. The molecular weight excluding hydrogens is 442 g/mol. The van der Waals surface area contributed by atoms with Crippen molar-refractivity contribution in [1.29, 1.82) is 0 Å². The fourth-order valence-electron chi connectivity index (χ4n) is 4.35. The van der Waals surface area contributed by atoms with Crippen LogP contribution in [0.1, 0.15) is 6.42 Å². The molecule has 0 bridgehead atoms. The van der Waals surface area contributed by atoms with Gasteiger partial charge in [-0.1, -0.05) is 18.7 Å². The number of nitrogens with zero attached hydrogens (tertiary/aromatic N) is 3. The Labute approximate surface area is 205 Å². The summed E-state index contributed by atoms with van der Waals surface area (Å²) >= 11 is 0. The molecule has 0 aliphatic carbocycles. The molecule has 2 saturated heterocycles. The Hall–Kier alpha value is -3.62. The van der Waals surface area contributed by atoms with Crippen LogP contribution in [0.2, 0.25) is 0 Å². The van der Waals surface area contributed by atoms with Crippen LogP contribution in [-0.2, 0) is 9.47 Å². The number of anilines is 4. The topological polar surface area (TPSA) is 80.8 Å². The predicted octanol–water partition coefficient (Wildman–Crippen LogP) is 4.69. The Bertz CT molecular complexity index is 1160. The molecule has 1 aromatic heterocycles. The molecule has 0 spiro atoms. The largest absolute Gasteiger partial charge is 0.495 e. The predicted molar refractivity (Wildman–Crippen MR) is 138 cm³/mol. The van der Waals surface area contributed by atoms with Gasteiger partial charge in [-0.15, -0.1) is 0 Å². The van der Waals surface area contributed by atoms with Crippen molar-refractivity contribution >= 4 is 23.0 Å². The van der Waals surface area contributed by atoms with Gasteiger partial charge in [-0.2, -0.15) is 0 Å². The molecule has 1 unspecified atom stereocenters. The number of hydrogen-bond donors (Lipinski definition) is 2. The molecule has 8 nitrogen and oxygen atoms in total. The van der Waals surface area contributed by atoms with Gasteiger partial charge < -0.3 is 29.7 Å². The molecule has 2 aliphatic heterocycles. The number of hydrogen-bond acceptors (Lipinski definition) is 8. The molecule has 35 heavy (non-hydrogen) atoms. The van der Waals surface area contributed by atoms with Gasteiger partial charge in [0, 0.05) is 60.5 Å². The van der Waals surface area contributed by atoms with E-state index in [0.29, 0.717) is 11.9 Å². The lowest BCUT2D eigenvalue weighted by atomic mass is 10.1. The average Bonchev–Trinajstić information content (AvgIpc) is 3.45. The van der Waals surface area contributed by atoms with Gasteiger partial charge in [0.15, 0.2) is 0 Å². The zero-order valence-corrected chi connectivity index (χ0v) is 20.0. The van der Waals surface area contributed by atoms with E-state index in [4.69, 9.17) is 19.2 Å². The Balaban J connectivity index is 1.27. The molecule has 2 aromatic carbocycles. The second kappa shape index (κ2) is 10.8. The van der Waals surface area contributed by atoms with E-state index in [1.54, 1.807) is 13.3 Å². The normalized spacial score (nSPS) is 17.7. The third-order valence-corrected chi connectivity index (χ3v) is 6.35. The minimum atomic E-state index is 0.367. The summed E-state index contributed by atoms with van der Waals surface area (Å²) in [7, 11) is 1.69. The highest BCUT2D eigenvalue weighted by molar-refractivity contribution is 5.69. The maximum Gasteiger partial charge on any atom is 0.227 e. The van der Waals surface area contributed by atoms with Gasteiger partial charge in [0.25, 0.3) is 0 Å². The standard InChI is InChI=1S/C27H31N5O3/c1-19(21-10-14-35-18-21)29-22-5-3-20(4-6-22)24-9-11-28-27(31-24)30-23-7-8-25(26(17-23)33-2)32-12-15-34-16-13-32/h3-9,11,17,21,29H,1,10,12-16,18H2,2H3,(H,28,30,31). The van der Waals surface area contributed by atoms with Crippen LogP contribution < -0.4 is 20.3 Å². The lowest BCUT2D eigenvalue weighted by Crippen LogP contribution is -2.36. The molecule has 5 rings (SSSR count). The van der Waals surface area contributed by atoms with Gasteiger partial charge in [0.05, 0.1) is 38.3 Å². The number of benzene rings is 2. The fourth-order valence-corrected chi connectivity index (χ4v) is 4.35. The van der Waals surface area contributed by atoms with Crippen LogP contribution in [0.5, 0.6) is 5.75 Å². The summed E-state index contributed by atoms with van der Waals surface area (Å²) in [5.74, 6) is 1.70. The molecule has 2 N–H and O–H groups in total. The van der Waals surface area contributed by atoms with Crippen LogP contribution in [0.4, 0.5) is 23.0 Å². The van der Waals surface area contributed by atoms with E-state index < -0.39 is 0 Å². The van der Waals surface area contributed by atoms with Crippen molar-refractivity contribution in [3.8, 4) is 17.0 Å². The Morgan fingerprint density at radius 2 is 1.83 bits per heavy atom. The third kappa shape index (κ3) is 5.55. The zero-order chi connectivity index (χ0) is 24.0. The van der Waals surface area contributed by atoms with Crippen LogP contribution in [0.15, 0.2) is 67.0 Å². The lowest BCUT2D eigenvalue weighted by molar-refractivity contribution is 0.122. The molecule has 0 amide bonds. The van der Waals surface area contributed by atoms with Crippen molar-refractivity contribution in [3.63, 3.8) is 0 Å². The van der Waals surface area contributed by atoms with E-state index in [-0.39, 0.29) is 0 Å². The maximum atomic E-state index is 5.66. The van der Waals surface area contributed by atoms with E-state index in [0.717, 1.165) is 85.7 Å². The second-order valence-corrected chi connectivity index (χ2v) is 8.66. The van der Waals surface area contributed by atoms with E-state index >= 15 is 0 Å². The molecule has 182 valence electrons. The molecule has 8 heteroatoms. The monoisotopic (exact) mass is 473 g/mol. The number of aromatic nitrogens is 2. The highest BCUT2D eigenvalue weighted by Crippen LogP contribution is 2.33. The van der Waals surface area contributed by atoms with Crippen molar-refractivity contribution in [2.45, 2.75) is 6.42 Å². The average molecular weight is 474 g/mol. The number of rotatable bonds is 8. The number of nitrogens with one attached hydrogen (secondary N) is 2. The van der Waals surface area contributed by atoms with Gasteiger partial charge in [-0.25, -0.2) is 9.97 Å². The summed E-state index contributed by atoms with van der Waals surface area (Å²) in [4.78, 5) is 11.4. The summed E-state index contributed by atoms with van der Waals surface area (Å²) in [5, 5.41) is 6.71. The first-order chi connectivity index (χ1) is 17.2. The Morgan fingerprint density at radius 1 is 1.03 bits per heavy atom.